The van der Waals surface area contributed by atoms with E-state index in [0.717, 1.165) is 0 Å². The molecule has 0 radical (unpaired) electrons. The normalized spacial score (nSPS) is 13.4. The molecule has 1 aromatic carbocycles. The van der Waals surface area contributed by atoms with Crippen molar-refractivity contribution in [3.8, 4) is 0 Å². The van der Waals surface area contributed by atoms with Crippen LogP contribution in [0.3, 0.4) is 0 Å². The van der Waals surface area contributed by atoms with Crippen LogP contribution in [0, 0.1) is 12.8 Å². The molecular formula is C14H20ClNO4S. The summed E-state index contributed by atoms with van der Waals surface area (Å²) in [7, 11) is -3.81. The van der Waals surface area contributed by atoms with E-state index in [9.17, 15) is 13.2 Å². The quantitative estimate of drug-likeness (QED) is 0.838. The number of aromatic carboxylic acids is 1. The van der Waals surface area contributed by atoms with Gasteiger partial charge in [-0.3, -0.25) is 0 Å². The van der Waals surface area contributed by atoms with Crippen molar-refractivity contribution in [3.63, 3.8) is 0 Å². The van der Waals surface area contributed by atoms with Gasteiger partial charge in [0, 0.05) is 11.1 Å². The van der Waals surface area contributed by atoms with Crippen LogP contribution >= 0.6 is 11.6 Å². The van der Waals surface area contributed by atoms with Gasteiger partial charge in [-0.1, -0.05) is 25.4 Å². The predicted octanol–water partition coefficient (Wildman–Crippen LogP) is 3.06. The van der Waals surface area contributed by atoms with Crippen LogP contribution in [0.5, 0.6) is 0 Å². The summed E-state index contributed by atoms with van der Waals surface area (Å²) in [5, 5.41) is 9.19. The molecular weight excluding hydrogens is 314 g/mol. The fraction of sp³-hybridized carbons (Fsp3) is 0.500. The Kier molecular flexibility index (Phi) is 5.78. The van der Waals surface area contributed by atoms with E-state index in [1.807, 2.05) is 13.8 Å². The molecule has 0 fully saturated rings. The first-order chi connectivity index (χ1) is 9.54. The lowest BCUT2D eigenvalue weighted by Gasteiger charge is -2.18. The van der Waals surface area contributed by atoms with Crippen molar-refractivity contribution in [2.75, 3.05) is 0 Å². The lowest BCUT2D eigenvalue weighted by Crippen LogP contribution is -2.34. The van der Waals surface area contributed by atoms with Crippen molar-refractivity contribution in [3.05, 3.63) is 28.3 Å². The fourth-order valence-electron chi connectivity index (χ4n) is 2.24. The highest BCUT2D eigenvalue weighted by Crippen LogP contribution is 2.25. The molecule has 0 aliphatic heterocycles. The average Bonchev–Trinajstić information content (AvgIpc) is 2.29. The minimum Gasteiger partial charge on any atom is -0.478 e. The summed E-state index contributed by atoms with van der Waals surface area (Å²) < 4.78 is 27.4. The summed E-state index contributed by atoms with van der Waals surface area (Å²) in [5.41, 5.74) is 0.0653. The maximum absolute atomic E-state index is 12.4. The average molecular weight is 334 g/mol. The zero-order chi connectivity index (χ0) is 16.4. The van der Waals surface area contributed by atoms with Gasteiger partial charge in [0.05, 0.1) is 10.5 Å². The van der Waals surface area contributed by atoms with Crippen LogP contribution in [0.1, 0.15) is 43.1 Å². The minimum absolute atomic E-state index is 0.0786. The van der Waals surface area contributed by atoms with Crippen molar-refractivity contribution in [1.29, 1.82) is 0 Å². The third kappa shape index (κ3) is 4.69. The molecule has 1 rings (SSSR count). The second-order valence-corrected chi connectivity index (χ2v) is 7.65. The van der Waals surface area contributed by atoms with E-state index in [4.69, 9.17) is 16.7 Å². The van der Waals surface area contributed by atoms with E-state index in [1.165, 1.54) is 19.1 Å². The van der Waals surface area contributed by atoms with Gasteiger partial charge in [0.2, 0.25) is 10.0 Å². The molecule has 0 aliphatic carbocycles. The molecule has 0 amide bonds. The van der Waals surface area contributed by atoms with Crippen LogP contribution in [0.15, 0.2) is 17.0 Å². The van der Waals surface area contributed by atoms with Gasteiger partial charge in [-0.05, 0) is 43.9 Å². The molecule has 0 saturated heterocycles. The summed E-state index contributed by atoms with van der Waals surface area (Å²) in [6, 6.07) is 2.27. The topological polar surface area (TPSA) is 83.5 Å². The summed E-state index contributed by atoms with van der Waals surface area (Å²) >= 11 is 5.84. The van der Waals surface area contributed by atoms with Crippen LogP contribution < -0.4 is 4.72 Å². The maximum Gasteiger partial charge on any atom is 0.336 e. The first-order valence-electron chi connectivity index (χ1n) is 6.60. The Balaban J connectivity index is 3.23. The van der Waals surface area contributed by atoms with Crippen molar-refractivity contribution in [2.24, 2.45) is 5.92 Å². The third-order valence-corrected chi connectivity index (χ3v) is 4.96. The molecule has 0 aromatic heterocycles. The van der Waals surface area contributed by atoms with Crippen LogP contribution in [0.4, 0.5) is 0 Å². The molecule has 0 saturated carbocycles. The monoisotopic (exact) mass is 333 g/mol. The molecule has 0 heterocycles. The molecule has 1 unspecified atom stereocenters. The lowest BCUT2D eigenvalue weighted by molar-refractivity contribution is 0.0696. The molecule has 1 atom stereocenters. The van der Waals surface area contributed by atoms with E-state index in [2.05, 4.69) is 4.72 Å². The van der Waals surface area contributed by atoms with Gasteiger partial charge >= 0.3 is 5.97 Å². The van der Waals surface area contributed by atoms with Crippen molar-refractivity contribution >= 4 is 27.6 Å². The Hall–Kier alpha value is -1.11. The van der Waals surface area contributed by atoms with E-state index in [1.54, 1.807) is 6.92 Å². The van der Waals surface area contributed by atoms with Crippen molar-refractivity contribution < 1.29 is 18.3 Å². The number of carboxylic acids is 1. The number of rotatable bonds is 6. The smallest absolute Gasteiger partial charge is 0.336 e. The van der Waals surface area contributed by atoms with E-state index < -0.39 is 16.0 Å². The molecule has 118 valence electrons. The summed E-state index contributed by atoms with van der Waals surface area (Å²) in [6.45, 7) is 7.23. The molecule has 1 aromatic rings. The lowest BCUT2D eigenvalue weighted by atomic mass is 10.1. The van der Waals surface area contributed by atoms with Gasteiger partial charge in [0.15, 0.2) is 0 Å². The van der Waals surface area contributed by atoms with Gasteiger partial charge in [0.1, 0.15) is 0 Å². The number of hydrogen-bond acceptors (Lipinski definition) is 3. The number of carbonyl (C=O) groups is 1. The Labute approximate surface area is 130 Å². The van der Waals surface area contributed by atoms with Crippen LogP contribution in [-0.4, -0.2) is 25.5 Å². The van der Waals surface area contributed by atoms with Gasteiger partial charge in [-0.25, -0.2) is 17.9 Å². The van der Waals surface area contributed by atoms with Gasteiger partial charge < -0.3 is 5.11 Å². The number of benzene rings is 1. The molecule has 7 heteroatoms. The van der Waals surface area contributed by atoms with E-state index in [-0.39, 0.29) is 27.1 Å². The van der Waals surface area contributed by atoms with E-state index in [0.29, 0.717) is 12.3 Å². The summed E-state index contributed by atoms with van der Waals surface area (Å²) in [6.07, 6.45) is 0.685. The number of hydrogen-bond donors (Lipinski definition) is 2. The number of sulfonamides is 1. The fourth-order valence-corrected chi connectivity index (χ4v) is 4.07. The highest BCUT2D eigenvalue weighted by Gasteiger charge is 2.24. The molecule has 0 bridgehead atoms. The second kappa shape index (κ2) is 6.77. The second-order valence-electron chi connectivity index (χ2n) is 5.53. The first kappa shape index (κ1) is 17.9. The van der Waals surface area contributed by atoms with Crippen LogP contribution in [-0.2, 0) is 10.0 Å². The third-order valence-electron chi connectivity index (χ3n) is 3.03. The maximum atomic E-state index is 12.4. The molecule has 0 aliphatic rings. The Morgan fingerprint density at radius 1 is 1.33 bits per heavy atom. The van der Waals surface area contributed by atoms with Crippen molar-refractivity contribution in [2.45, 2.75) is 45.1 Å². The number of halogens is 1. The molecule has 0 spiro atoms. The van der Waals surface area contributed by atoms with Gasteiger partial charge in [-0.2, -0.15) is 0 Å². The molecule has 5 nitrogen and oxygen atoms in total. The zero-order valence-electron chi connectivity index (χ0n) is 12.5. The minimum atomic E-state index is -3.81. The Morgan fingerprint density at radius 3 is 2.38 bits per heavy atom. The van der Waals surface area contributed by atoms with Crippen LogP contribution in [0.2, 0.25) is 5.02 Å². The Morgan fingerprint density at radius 2 is 1.90 bits per heavy atom. The molecule has 21 heavy (non-hydrogen) atoms. The Bertz CT molecular complexity index is 641. The number of nitrogens with one attached hydrogen (secondary N) is 1. The van der Waals surface area contributed by atoms with Gasteiger partial charge in [-0.15, -0.1) is 0 Å². The predicted molar refractivity (Wildman–Crippen MR) is 82.4 cm³/mol. The number of carboxylic acid groups (broad SMARTS) is 1. The highest BCUT2D eigenvalue weighted by atomic mass is 35.5. The first-order valence-corrected chi connectivity index (χ1v) is 8.46. The zero-order valence-corrected chi connectivity index (χ0v) is 14.0. The van der Waals surface area contributed by atoms with Crippen molar-refractivity contribution in [1.82, 2.24) is 4.72 Å². The standard InChI is InChI=1S/C14H20ClNO4S/c1-8(2)5-9(3)16-21(19,20)13-7-11(15)6-12(10(13)4)14(17)18/h6-9,16H,5H2,1-4H3,(H,17,18). The molecule has 2 N–H and O–H groups in total. The highest BCUT2D eigenvalue weighted by molar-refractivity contribution is 7.89. The SMILES string of the molecule is Cc1c(C(=O)O)cc(Cl)cc1S(=O)(=O)NC(C)CC(C)C. The summed E-state index contributed by atoms with van der Waals surface area (Å²) in [4.78, 5) is 11.1. The van der Waals surface area contributed by atoms with Crippen LogP contribution in [0.25, 0.3) is 0 Å². The summed E-state index contributed by atoms with van der Waals surface area (Å²) in [5.74, 6) is -0.862. The van der Waals surface area contributed by atoms with Gasteiger partial charge in [0.25, 0.3) is 0 Å². The van der Waals surface area contributed by atoms with E-state index >= 15 is 0 Å². The largest absolute Gasteiger partial charge is 0.478 e.